The van der Waals surface area contributed by atoms with Gasteiger partial charge in [-0.25, -0.2) is 9.97 Å². The average molecular weight is 260 g/mol. The number of piperazine rings is 1. The standard InChI is InChI=1S/C14H20N4O/c1-9-7-18(8-10(2)16-9)14(19)12-5-6-15-13(17-12)11-3-4-11/h5-6,9-11,16H,3-4,7-8H2,1-2H3/t9-,10+. The fraction of sp³-hybridized carbons (Fsp3) is 0.643. The SMILES string of the molecule is C[C@@H]1CN(C(=O)c2ccnc(C3CC3)n2)C[C@H](C)N1. The lowest BCUT2D eigenvalue weighted by molar-refractivity contribution is 0.0667. The van der Waals surface area contributed by atoms with Gasteiger partial charge in [-0.1, -0.05) is 0 Å². The smallest absolute Gasteiger partial charge is 0.272 e. The molecule has 1 saturated heterocycles. The summed E-state index contributed by atoms with van der Waals surface area (Å²) in [6, 6.07) is 2.39. The van der Waals surface area contributed by atoms with Crippen molar-refractivity contribution in [3.05, 3.63) is 23.8 Å². The molecule has 3 rings (SSSR count). The van der Waals surface area contributed by atoms with Crippen LogP contribution in [-0.2, 0) is 0 Å². The number of carbonyl (C=O) groups excluding carboxylic acids is 1. The molecule has 2 aliphatic rings. The van der Waals surface area contributed by atoms with Crippen LogP contribution < -0.4 is 5.32 Å². The topological polar surface area (TPSA) is 58.1 Å². The Morgan fingerprint density at radius 2 is 2.00 bits per heavy atom. The van der Waals surface area contributed by atoms with E-state index in [1.807, 2.05) is 4.90 Å². The zero-order valence-electron chi connectivity index (χ0n) is 11.5. The molecule has 5 nitrogen and oxygen atoms in total. The van der Waals surface area contributed by atoms with Gasteiger partial charge in [0, 0.05) is 37.3 Å². The Hall–Kier alpha value is -1.49. The summed E-state index contributed by atoms with van der Waals surface area (Å²) in [5.41, 5.74) is 0.540. The van der Waals surface area contributed by atoms with Gasteiger partial charge in [0.05, 0.1) is 0 Å². The number of nitrogens with one attached hydrogen (secondary N) is 1. The highest BCUT2D eigenvalue weighted by molar-refractivity contribution is 5.92. The van der Waals surface area contributed by atoms with E-state index in [2.05, 4.69) is 29.1 Å². The van der Waals surface area contributed by atoms with E-state index in [-0.39, 0.29) is 5.91 Å². The number of amides is 1. The summed E-state index contributed by atoms with van der Waals surface area (Å²) in [7, 11) is 0. The van der Waals surface area contributed by atoms with Crippen molar-refractivity contribution >= 4 is 5.91 Å². The molecule has 0 radical (unpaired) electrons. The average Bonchev–Trinajstić information content (AvgIpc) is 3.21. The highest BCUT2D eigenvalue weighted by Crippen LogP contribution is 2.37. The molecule has 0 bridgehead atoms. The predicted octanol–water partition coefficient (Wildman–Crippen LogP) is 1.18. The van der Waals surface area contributed by atoms with Crippen LogP contribution in [0.3, 0.4) is 0 Å². The minimum atomic E-state index is 0.0319. The number of aromatic nitrogens is 2. The van der Waals surface area contributed by atoms with E-state index < -0.39 is 0 Å². The van der Waals surface area contributed by atoms with Crippen molar-refractivity contribution in [2.75, 3.05) is 13.1 Å². The number of carbonyl (C=O) groups is 1. The van der Waals surface area contributed by atoms with Crippen LogP contribution in [0.2, 0.25) is 0 Å². The molecule has 19 heavy (non-hydrogen) atoms. The summed E-state index contributed by atoms with van der Waals surface area (Å²) in [6.45, 7) is 5.69. The van der Waals surface area contributed by atoms with E-state index >= 15 is 0 Å². The van der Waals surface area contributed by atoms with Crippen LogP contribution in [0, 0.1) is 0 Å². The third-order valence-electron chi connectivity index (χ3n) is 3.68. The Kier molecular flexibility index (Phi) is 3.22. The van der Waals surface area contributed by atoms with Crippen LogP contribution in [0.1, 0.15) is 48.9 Å². The van der Waals surface area contributed by atoms with Gasteiger partial charge in [-0.2, -0.15) is 0 Å². The monoisotopic (exact) mass is 260 g/mol. The van der Waals surface area contributed by atoms with Crippen LogP contribution >= 0.6 is 0 Å². The van der Waals surface area contributed by atoms with E-state index in [9.17, 15) is 4.79 Å². The van der Waals surface area contributed by atoms with Crippen molar-refractivity contribution in [2.24, 2.45) is 0 Å². The third-order valence-corrected chi connectivity index (χ3v) is 3.68. The van der Waals surface area contributed by atoms with Crippen molar-refractivity contribution in [1.82, 2.24) is 20.2 Å². The number of nitrogens with zero attached hydrogens (tertiary/aromatic N) is 3. The van der Waals surface area contributed by atoms with Gasteiger partial charge in [0.1, 0.15) is 11.5 Å². The summed E-state index contributed by atoms with van der Waals surface area (Å²) in [6.07, 6.45) is 4.02. The molecule has 1 aromatic rings. The third kappa shape index (κ3) is 2.76. The Bertz CT molecular complexity index is 476. The molecule has 0 aromatic carbocycles. The van der Waals surface area contributed by atoms with Crippen molar-refractivity contribution < 1.29 is 4.79 Å². The highest BCUT2D eigenvalue weighted by Gasteiger charge is 2.29. The van der Waals surface area contributed by atoms with Crippen molar-refractivity contribution in [1.29, 1.82) is 0 Å². The van der Waals surface area contributed by atoms with Gasteiger partial charge in [-0.05, 0) is 32.8 Å². The number of rotatable bonds is 2. The molecule has 1 amide bonds. The first kappa shape index (κ1) is 12.5. The quantitative estimate of drug-likeness (QED) is 0.867. The molecule has 5 heteroatoms. The summed E-state index contributed by atoms with van der Waals surface area (Å²) in [5.74, 6) is 1.35. The van der Waals surface area contributed by atoms with Crippen molar-refractivity contribution in [3.63, 3.8) is 0 Å². The Morgan fingerprint density at radius 1 is 1.32 bits per heavy atom. The first-order chi connectivity index (χ1) is 9.13. The molecule has 1 aliphatic heterocycles. The van der Waals surface area contributed by atoms with Crippen LogP contribution in [0.5, 0.6) is 0 Å². The van der Waals surface area contributed by atoms with Crippen LogP contribution in [0.15, 0.2) is 12.3 Å². The fourth-order valence-electron chi connectivity index (χ4n) is 2.69. The molecule has 1 aromatic heterocycles. The summed E-state index contributed by atoms with van der Waals surface area (Å²) < 4.78 is 0. The summed E-state index contributed by atoms with van der Waals surface area (Å²) in [4.78, 5) is 23.1. The molecular weight excluding hydrogens is 240 g/mol. The number of hydrogen-bond acceptors (Lipinski definition) is 4. The molecule has 102 valence electrons. The van der Waals surface area contributed by atoms with Gasteiger partial charge in [-0.3, -0.25) is 4.79 Å². The maximum atomic E-state index is 12.5. The molecule has 2 atom stereocenters. The van der Waals surface area contributed by atoms with Gasteiger partial charge in [-0.15, -0.1) is 0 Å². The lowest BCUT2D eigenvalue weighted by atomic mass is 10.1. The fourth-order valence-corrected chi connectivity index (χ4v) is 2.69. The van der Waals surface area contributed by atoms with Crippen LogP contribution in [-0.4, -0.2) is 45.9 Å². The first-order valence-corrected chi connectivity index (χ1v) is 7.01. The summed E-state index contributed by atoms with van der Waals surface area (Å²) >= 11 is 0. The lowest BCUT2D eigenvalue weighted by Crippen LogP contribution is -2.55. The van der Waals surface area contributed by atoms with Gasteiger partial charge >= 0.3 is 0 Å². The van der Waals surface area contributed by atoms with Gasteiger partial charge in [0.2, 0.25) is 0 Å². The minimum Gasteiger partial charge on any atom is -0.334 e. The normalized spacial score (nSPS) is 27.4. The molecule has 1 N–H and O–H groups in total. The van der Waals surface area contributed by atoms with E-state index in [0.29, 0.717) is 23.7 Å². The Morgan fingerprint density at radius 3 is 2.63 bits per heavy atom. The van der Waals surface area contributed by atoms with Gasteiger partial charge in [0.25, 0.3) is 5.91 Å². The Balaban J connectivity index is 1.77. The zero-order valence-corrected chi connectivity index (χ0v) is 11.5. The second kappa shape index (κ2) is 4.89. The highest BCUT2D eigenvalue weighted by atomic mass is 16.2. The second-order valence-electron chi connectivity index (χ2n) is 5.75. The minimum absolute atomic E-state index is 0.0319. The first-order valence-electron chi connectivity index (χ1n) is 7.01. The van der Waals surface area contributed by atoms with Crippen LogP contribution in [0.25, 0.3) is 0 Å². The van der Waals surface area contributed by atoms with Crippen molar-refractivity contribution in [3.8, 4) is 0 Å². The van der Waals surface area contributed by atoms with E-state index in [1.165, 1.54) is 0 Å². The Labute approximate surface area is 113 Å². The van der Waals surface area contributed by atoms with Gasteiger partial charge in [0.15, 0.2) is 0 Å². The molecule has 0 spiro atoms. The zero-order chi connectivity index (χ0) is 13.4. The maximum absolute atomic E-state index is 12.5. The summed E-state index contributed by atoms with van der Waals surface area (Å²) in [5, 5.41) is 3.43. The van der Waals surface area contributed by atoms with E-state index in [1.54, 1.807) is 12.3 Å². The molecule has 2 heterocycles. The maximum Gasteiger partial charge on any atom is 0.272 e. The van der Waals surface area contributed by atoms with Crippen molar-refractivity contribution in [2.45, 2.75) is 44.7 Å². The molecule has 0 unspecified atom stereocenters. The number of hydrogen-bond donors (Lipinski definition) is 1. The molecule has 1 saturated carbocycles. The second-order valence-corrected chi connectivity index (χ2v) is 5.75. The van der Waals surface area contributed by atoms with Gasteiger partial charge < -0.3 is 10.2 Å². The molecular formula is C14H20N4O. The molecule has 1 aliphatic carbocycles. The largest absolute Gasteiger partial charge is 0.334 e. The van der Waals surface area contributed by atoms with E-state index in [4.69, 9.17) is 0 Å². The predicted molar refractivity (Wildman–Crippen MR) is 72.0 cm³/mol. The lowest BCUT2D eigenvalue weighted by Gasteiger charge is -2.35. The molecule has 2 fully saturated rings. The van der Waals surface area contributed by atoms with E-state index in [0.717, 1.165) is 31.8 Å². The van der Waals surface area contributed by atoms with Crippen LogP contribution in [0.4, 0.5) is 0 Å².